The van der Waals surface area contributed by atoms with Crippen molar-refractivity contribution in [1.82, 2.24) is 19.9 Å². The lowest BCUT2D eigenvalue weighted by Gasteiger charge is -2.06. The molecule has 2 aromatic heterocycles. The number of benzene rings is 1. The largest absolute Gasteiger partial charge is 0.467 e. The monoisotopic (exact) mass is 254 g/mol. The average Bonchev–Trinajstić information content (AvgIpc) is 2.46. The van der Waals surface area contributed by atoms with Crippen LogP contribution in [0.5, 0.6) is 6.01 Å². The molecule has 1 N–H and O–H groups in total. The van der Waals surface area contributed by atoms with Gasteiger partial charge in [-0.25, -0.2) is 4.79 Å². The fraction of sp³-hybridized carbons (Fsp3) is 0.0769. The van der Waals surface area contributed by atoms with Crippen molar-refractivity contribution < 1.29 is 4.74 Å². The van der Waals surface area contributed by atoms with Gasteiger partial charge in [0.2, 0.25) is 0 Å². The first-order chi connectivity index (χ1) is 9.28. The summed E-state index contributed by atoms with van der Waals surface area (Å²) < 4.78 is 4.91. The molecule has 3 aromatic rings. The number of H-pyrrole nitrogens is 1. The molecule has 0 radical (unpaired) electrons. The third kappa shape index (κ3) is 2.03. The third-order valence-corrected chi connectivity index (χ3v) is 2.75. The second-order valence-corrected chi connectivity index (χ2v) is 3.89. The van der Waals surface area contributed by atoms with Crippen LogP contribution in [-0.4, -0.2) is 27.0 Å². The molecule has 0 unspecified atom stereocenters. The van der Waals surface area contributed by atoms with Crippen LogP contribution in [0.2, 0.25) is 0 Å². The number of nitrogens with zero attached hydrogens (tertiary/aromatic N) is 3. The van der Waals surface area contributed by atoms with Gasteiger partial charge in [-0.3, -0.25) is 9.97 Å². The molecular weight excluding hydrogens is 244 g/mol. The Morgan fingerprint density at radius 3 is 2.95 bits per heavy atom. The zero-order valence-electron chi connectivity index (χ0n) is 10.1. The Morgan fingerprint density at radius 2 is 2.11 bits per heavy atom. The van der Waals surface area contributed by atoms with Gasteiger partial charge in [0.05, 0.1) is 7.11 Å². The number of hydrogen-bond donors (Lipinski definition) is 1. The molecule has 0 aliphatic carbocycles. The molecular formula is C13H10N4O2. The van der Waals surface area contributed by atoms with Crippen LogP contribution < -0.4 is 10.4 Å². The molecule has 19 heavy (non-hydrogen) atoms. The summed E-state index contributed by atoms with van der Waals surface area (Å²) >= 11 is 0. The maximum atomic E-state index is 11.5. The van der Waals surface area contributed by atoms with Gasteiger partial charge in [-0.05, 0) is 11.5 Å². The number of pyridine rings is 1. The van der Waals surface area contributed by atoms with Gasteiger partial charge in [0.25, 0.3) is 0 Å². The zero-order valence-corrected chi connectivity index (χ0v) is 10.1. The second kappa shape index (κ2) is 4.49. The Bertz CT molecular complexity index is 793. The minimum atomic E-state index is -0.493. The summed E-state index contributed by atoms with van der Waals surface area (Å²) in [5.74, 6) is 0.425. The first kappa shape index (κ1) is 11.3. The van der Waals surface area contributed by atoms with Crippen LogP contribution in [-0.2, 0) is 0 Å². The van der Waals surface area contributed by atoms with Gasteiger partial charge in [-0.1, -0.05) is 18.2 Å². The normalized spacial score (nSPS) is 10.6. The summed E-state index contributed by atoms with van der Waals surface area (Å²) in [5, 5.41) is 1.92. The van der Waals surface area contributed by atoms with Gasteiger partial charge >= 0.3 is 11.7 Å². The standard InChI is InChI=1S/C13H10N4O2/c1-19-13-16-11(15-12(18)17-13)10-4-2-3-8-7-14-6-5-9(8)10/h2-7H,1H3,(H,15,16,17,18). The van der Waals surface area contributed by atoms with Crippen molar-refractivity contribution in [2.24, 2.45) is 0 Å². The summed E-state index contributed by atoms with van der Waals surface area (Å²) in [7, 11) is 1.42. The highest BCUT2D eigenvalue weighted by molar-refractivity contribution is 5.94. The molecule has 3 rings (SSSR count). The van der Waals surface area contributed by atoms with Gasteiger partial charge in [0.1, 0.15) is 5.82 Å². The molecule has 0 atom stereocenters. The molecule has 0 spiro atoms. The maximum Gasteiger partial charge on any atom is 0.351 e. The number of rotatable bonds is 2. The van der Waals surface area contributed by atoms with Crippen molar-refractivity contribution in [1.29, 1.82) is 0 Å². The van der Waals surface area contributed by atoms with Gasteiger partial charge in [0, 0.05) is 23.3 Å². The van der Waals surface area contributed by atoms with E-state index in [0.717, 1.165) is 16.3 Å². The molecule has 94 valence electrons. The van der Waals surface area contributed by atoms with Crippen molar-refractivity contribution in [3.05, 3.63) is 47.1 Å². The van der Waals surface area contributed by atoms with E-state index in [4.69, 9.17) is 4.74 Å². The lowest BCUT2D eigenvalue weighted by molar-refractivity contribution is 0.377. The van der Waals surface area contributed by atoms with Crippen LogP contribution >= 0.6 is 0 Å². The summed E-state index contributed by atoms with van der Waals surface area (Å²) in [6.45, 7) is 0. The van der Waals surface area contributed by atoms with E-state index in [1.54, 1.807) is 12.4 Å². The lowest BCUT2D eigenvalue weighted by atomic mass is 10.1. The minimum absolute atomic E-state index is 0.0461. The van der Waals surface area contributed by atoms with Crippen molar-refractivity contribution in [2.45, 2.75) is 0 Å². The third-order valence-electron chi connectivity index (χ3n) is 2.75. The van der Waals surface area contributed by atoms with Crippen molar-refractivity contribution in [3.63, 3.8) is 0 Å². The molecule has 1 aromatic carbocycles. The Balaban J connectivity index is 2.30. The van der Waals surface area contributed by atoms with E-state index in [-0.39, 0.29) is 6.01 Å². The quantitative estimate of drug-likeness (QED) is 0.747. The van der Waals surface area contributed by atoms with Crippen LogP contribution in [0.4, 0.5) is 0 Å². The number of ether oxygens (including phenoxy) is 1. The van der Waals surface area contributed by atoms with Gasteiger partial charge in [0.15, 0.2) is 0 Å². The molecule has 0 aliphatic rings. The number of methoxy groups -OCH3 is 1. The van der Waals surface area contributed by atoms with E-state index < -0.39 is 5.69 Å². The number of aromatic nitrogens is 4. The van der Waals surface area contributed by atoms with E-state index in [2.05, 4.69) is 19.9 Å². The molecule has 0 saturated heterocycles. The number of aromatic amines is 1. The molecule has 0 aliphatic heterocycles. The molecule has 6 nitrogen and oxygen atoms in total. The molecule has 0 bridgehead atoms. The first-order valence-electron chi connectivity index (χ1n) is 5.63. The minimum Gasteiger partial charge on any atom is -0.467 e. The predicted octanol–water partition coefficient (Wildman–Crippen LogP) is 1.39. The Labute approximate surface area is 108 Å². The highest BCUT2D eigenvalue weighted by atomic mass is 16.5. The van der Waals surface area contributed by atoms with Crippen LogP contribution in [0.15, 0.2) is 41.5 Å². The fourth-order valence-electron chi connectivity index (χ4n) is 1.91. The topological polar surface area (TPSA) is 80.8 Å². The van der Waals surface area contributed by atoms with E-state index in [1.807, 2.05) is 24.3 Å². The highest BCUT2D eigenvalue weighted by Crippen LogP contribution is 2.25. The molecule has 6 heteroatoms. The van der Waals surface area contributed by atoms with E-state index in [1.165, 1.54) is 7.11 Å². The first-order valence-corrected chi connectivity index (χ1v) is 5.63. The number of hydrogen-bond acceptors (Lipinski definition) is 5. The smallest absolute Gasteiger partial charge is 0.351 e. The maximum absolute atomic E-state index is 11.5. The SMILES string of the molecule is COc1nc(-c2cccc3cnccc23)[nH]c(=O)n1. The van der Waals surface area contributed by atoms with E-state index in [0.29, 0.717) is 5.82 Å². The summed E-state index contributed by atoms with van der Waals surface area (Å²) in [6.07, 6.45) is 3.46. The molecule has 0 saturated carbocycles. The Kier molecular flexibility index (Phi) is 2.68. The highest BCUT2D eigenvalue weighted by Gasteiger charge is 2.08. The van der Waals surface area contributed by atoms with E-state index >= 15 is 0 Å². The molecule has 0 amide bonds. The van der Waals surface area contributed by atoms with Gasteiger partial charge in [-0.15, -0.1) is 4.98 Å². The fourth-order valence-corrected chi connectivity index (χ4v) is 1.91. The van der Waals surface area contributed by atoms with Crippen LogP contribution in [0.1, 0.15) is 0 Å². The lowest BCUT2D eigenvalue weighted by Crippen LogP contribution is -2.14. The van der Waals surface area contributed by atoms with E-state index in [9.17, 15) is 4.79 Å². The van der Waals surface area contributed by atoms with Gasteiger partial charge in [-0.2, -0.15) is 4.98 Å². The second-order valence-electron chi connectivity index (χ2n) is 3.89. The van der Waals surface area contributed by atoms with Gasteiger partial charge < -0.3 is 4.74 Å². The van der Waals surface area contributed by atoms with Crippen LogP contribution in [0, 0.1) is 0 Å². The predicted molar refractivity (Wildman–Crippen MR) is 69.9 cm³/mol. The average molecular weight is 254 g/mol. The van der Waals surface area contributed by atoms with Crippen LogP contribution in [0.25, 0.3) is 22.2 Å². The van der Waals surface area contributed by atoms with Crippen LogP contribution in [0.3, 0.4) is 0 Å². The van der Waals surface area contributed by atoms with Crippen molar-refractivity contribution in [2.75, 3.05) is 7.11 Å². The summed E-state index contributed by atoms with van der Waals surface area (Å²) in [6, 6.07) is 7.62. The number of fused-ring (bicyclic) bond motifs is 1. The number of nitrogens with one attached hydrogen (secondary N) is 1. The zero-order chi connectivity index (χ0) is 13.2. The Hall–Kier alpha value is -2.76. The summed E-state index contributed by atoms with van der Waals surface area (Å²) in [4.78, 5) is 25.9. The van der Waals surface area contributed by atoms with Crippen molar-refractivity contribution in [3.8, 4) is 17.4 Å². The Morgan fingerprint density at radius 1 is 1.21 bits per heavy atom. The molecule has 0 fully saturated rings. The summed E-state index contributed by atoms with van der Waals surface area (Å²) in [5.41, 5.74) is 0.311. The molecule has 2 heterocycles. The van der Waals surface area contributed by atoms with Crippen molar-refractivity contribution >= 4 is 10.8 Å².